The zero-order valence-electron chi connectivity index (χ0n) is 12.0. The van der Waals surface area contributed by atoms with Gasteiger partial charge in [0.15, 0.2) is 0 Å². The maximum absolute atomic E-state index is 12.0. The third-order valence-corrected chi connectivity index (χ3v) is 4.24. The van der Waals surface area contributed by atoms with Crippen LogP contribution in [0.5, 0.6) is 0 Å². The SMILES string of the molecule is CCC1(CC)C[C@@H](C(=O)OCc2ccccc2)NC1=O. The van der Waals surface area contributed by atoms with Gasteiger partial charge in [0.25, 0.3) is 0 Å². The fraction of sp³-hybridized carbons (Fsp3) is 0.500. The Hall–Kier alpha value is -1.84. The standard InChI is InChI=1S/C16H21NO3/c1-3-16(4-2)10-13(17-15(16)19)14(18)20-11-12-8-6-5-7-9-12/h5-9,13H,3-4,10-11H2,1-2H3,(H,17,19)/t13-/m0/s1. The molecule has 1 atom stereocenters. The van der Waals surface area contributed by atoms with Gasteiger partial charge in [-0.1, -0.05) is 44.2 Å². The lowest BCUT2D eigenvalue weighted by Crippen LogP contribution is -2.35. The molecular weight excluding hydrogens is 254 g/mol. The molecule has 0 saturated carbocycles. The highest BCUT2D eigenvalue weighted by Gasteiger charge is 2.46. The Kier molecular flexibility index (Phi) is 4.42. The van der Waals surface area contributed by atoms with Crippen LogP contribution in [0.3, 0.4) is 0 Å². The van der Waals surface area contributed by atoms with Gasteiger partial charge in [-0.25, -0.2) is 4.79 Å². The van der Waals surface area contributed by atoms with Gasteiger partial charge in [0, 0.05) is 0 Å². The number of carbonyl (C=O) groups is 2. The van der Waals surface area contributed by atoms with E-state index in [2.05, 4.69) is 5.32 Å². The maximum Gasteiger partial charge on any atom is 0.329 e. The van der Waals surface area contributed by atoms with Crippen molar-refractivity contribution in [3.63, 3.8) is 0 Å². The van der Waals surface area contributed by atoms with Crippen molar-refractivity contribution in [1.29, 1.82) is 0 Å². The number of benzene rings is 1. The molecule has 108 valence electrons. The second-order valence-corrected chi connectivity index (χ2v) is 5.31. The van der Waals surface area contributed by atoms with Crippen molar-refractivity contribution in [3.05, 3.63) is 35.9 Å². The van der Waals surface area contributed by atoms with E-state index >= 15 is 0 Å². The number of hydrogen-bond acceptors (Lipinski definition) is 3. The molecule has 2 rings (SSSR count). The first-order valence-corrected chi connectivity index (χ1v) is 7.13. The number of ether oxygens (including phenoxy) is 1. The van der Waals surface area contributed by atoms with Crippen LogP contribution in [-0.2, 0) is 20.9 Å². The molecule has 1 aliphatic rings. The molecule has 1 saturated heterocycles. The topological polar surface area (TPSA) is 55.4 Å². The highest BCUT2D eigenvalue weighted by molar-refractivity contribution is 5.92. The average molecular weight is 275 g/mol. The molecule has 4 heteroatoms. The lowest BCUT2D eigenvalue weighted by atomic mass is 9.79. The molecular formula is C16H21NO3. The fourth-order valence-electron chi connectivity index (χ4n) is 2.68. The van der Waals surface area contributed by atoms with Gasteiger partial charge < -0.3 is 10.1 Å². The third-order valence-electron chi connectivity index (χ3n) is 4.24. The van der Waals surface area contributed by atoms with E-state index in [-0.39, 0.29) is 18.5 Å². The quantitative estimate of drug-likeness (QED) is 0.840. The van der Waals surface area contributed by atoms with Gasteiger partial charge in [-0.2, -0.15) is 0 Å². The zero-order chi connectivity index (χ0) is 14.6. The van der Waals surface area contributed by atoms with Crippen LogP contribution < -0.4 is 5.32 Å². The summed E-state index contributed by atoms with van der Waals surface area (Å²) < 4.78 is 5.29. The molecule has 1 N–H and O–H groups in total. The summed E-state index contributed by atoms with van der Waals surface area (Å²) in [6, 6.07) is 9.02. The van der Waals surface area contributed by atoms with E-state index in [0.717, 1.165) is 18.4 Å². The molecule has 4 nitrogen and oxygen atoms in total. The number of rotatable bonds is 5. The Morgan fingerprint density at radius 3 is 2.50 bits per heavy atom. The van der Waals surface area contributed by atoms with Crippen LogP contribution in [0.15, 0.2) is 30.3 Å². The van der Waals surface area contributed by atoms with Gasteiger partial charge in [0.05, 0.1) is 5.41 Å². The van der Waals surface area contributed by atoms with Gasteiger partial charge in [0.2, 0.25) is 5.91 Å². The minimum atomic E-state index is -0.508. The summed E-state index contributed by atoms with van der Waals surface area (Å²) >= 11 is 0. The summed E-state index contributed by atoms with van der Waals surface area (Å²) in [5.41, 5.74) is 0.540. The minimum Gasteiger partial charge on any atom is -0.459 e. The van der Waals surface area contributed by atoms with E-state index in [1.54, 1.807) is 0 Å². The first kappa shape index (κ1) is 14.6. The maximum atomic E-state index is 12.0. The predicted molar refractivity (Wildman–Crippen MR) is 75.8 cm³/mol. The second-order valence-electron chi connectivity index (χ2n) is 5.31. The number of amides is 1. The Bertz CT molecular complexity index is 480. The van der Waals surface area contributed by atoms with Crippen LogP contribution in [0, 0.1) is 5.41 Å². The molecule has 1 fully saturated rings. The van der Waals surface area contributed by atoms with Crippen LogP contribution in [0.2, 0.25) is 0 Å². The molecule has 0 unspecified atom stereocenters. The fourth-order valence-corrected chi connectivity index (χ4v) is 2.68. The van der Waals surface area contributed by atoms with Crippen LogP contribution in [0.1, 0.15) is 38.7 Å². The minimum absolute atomic E-state index is 0.0239. The Morgan fingerprint density at radius 1 is 1.30 bits per heavy atom. The van der Waals surface area contributed by atoms with E-state index in [1.807, 2.05) is 44.2 Å². The normalized spacial score (nSPS) is 20.5. The van der Waals surface area contributed by atoms with Gasteiger partial charge in [-0.3, -0.25) is 4.79 Å². The smallest absolute Gasteiger partial charge is 0.329 e. The molecule has 1 amide bonds. The molecule has 1 aromatic carbocycles. The Labute approximate surface area is 119 Å². The van der Waals surface area contributed by atoms with Crippen LogP contribution >= 0.6 is 0 Å². The summed E-state index contributed by atoms with van der Waals surface area (Å²) in [5.74, 6) is -0.366. The first-order valence-electron chi connectivity index (χ1n) is 7.13. The van der Waals surface area contributed by atoms with Crippen molar-refractivity contribution >= 4 is 11.9 Å². The van der Waals surface area contributed by atoms with Gasteiger partial charge in [-0.05, 0) is 24.8 Å². The number of hydrogen-bond donors (Lipinski definition) is 1. The molecule has 0 spiro atoms. The number of esters is 1. The van der Waals surface area contributed by atoms with E-state index < -0.39 is 11.5 Å². The van der Waals surface area contributed by atoms with Gasteiger partial charge >= 0.3 is 5.97 Å². The molecule has 1 aromatic rings. The molecule has 0 aromatic heterocycles. The lowest BCUT2D eigenvalue weighted by Gasteiger charge is -2.21. The summed E-state index contributed by atoms with van der Waals surface area (Å²) in [6.45, 7) is 4.22. The predicted octanol–water partition coefficient (Wildman–Crippen LogP) is 2.42. The molecule has 0 radical (unpaired) electrons. The van der Waals surface area contributed by atoms with Gasteiger partial charge in [-0.15, -0.1) is 0 Å². The van der Waals surface area contributed by atoms with Crippen molar-refractivity contribution < 1.29 is 14.3 Å². The van der Waals surface area contributed by atoms with E-state index in [1.165, 1.54) is 0 Å². The summed E-state index contributed by atoms with van der Waals surface area (Å²) in [6.07, 6.45) is 2.03. The molecule has 0 aliphatic carbocycles. The molecule has 20 heavy (non-hydrogen) atoms. The first-order chi connectivity index (χ1) is 9.61. The lowest BCUT2D eigenvalue weighted by molar-refractivity contribution is -0.147. The summed E-state index contributed by atoms with van der Waals surface area (Å²) in [4.78, 5) is 24.1. The third kappa shape index (κ3) is 2.84. The second kappa shape index (κ2) is 6.07. The van der Waals surface area contributed by atoms with Crippen LogP contribution in [0.4, 0.5) is 0 Å². The van der Waals surface area contributed by atoms with Gasteiger partial charge in [0.1, 0.15) is 12.6 Å². The van der Waals surface area contributed by atoms with Crippen molar-refractivity contribution in [2.45, 2.75) is 45.8 Å². The van der Waals surface area contributed by atoms with Crippen LogP contribution in [-0.4, -0.2) is 17.9 Å². The highest BCUT2D eigenvalue weighted by Crippen LogP contribution is 2.37. The van der Waals surface area contributed by atoms with Crippen LogP contribution in [0.25, 0.3) is 0 Å². The van der Waals surface area contributed by atoms with Crippen molar-refractivity contribution in [3.8, 4) is 0 Å². The summed E-state index contributed by atoms with van der Waals surface area (Å²) in [7, 11) is 0. The van der Waals surface area contributed by atoms with Crippen molar-refractivity contribution in [2.24, 2.45) is 5.41 Å². The van der Waals surface area contributed by atoms with E-state index in [9.17, 15) is 9.59 Å². The van der Waals surface area contributed by atoms with Crippen molar-refractivity contribution in [1.82, 2.24) is 5.32 Å². The molecule has 1 aliphatic heterocycles. The molecule has 0 bridgehead atoms. The largest absolute Gasteiger partial charge is 0.459 e. The van der Waals surface area contributed by atoms with E-state index in [0.29, 0.717) is 6.42 Å². The zero-order valence-corrected chi connectivity index (χ0v) is 12.0. The Morgan fingerprint density at radius 2 is 1.95 bits per heavy atom. The highest BCUT2D eigenvalue weighted by atomic mass is 16.5. The van der Waals surface area contributed by atoms with Crippen molar-refractivity contribution in [2.75, 3.05) is 0 Å². The monoisotopic (exact) mass is 275 g/mol. The molecule has 1 heterocycles. The number of carbonyl (C=O) groups excluding carboxylic acids is 2. The summed E-state index contributed by atoms with van der Waals surface area (Å²) in [5, 5.41) is 2.77. The average Bonchev–Trinajstić information content (AvgIpc) is 2.83. The van der Waals surface area contributed by atoms with E-state index in [4.69, 9.17) is 4.74 Å². The Balaban J connectivity index is 1.93. The number of nitrogens with one attached hydrogen (secondary N) is 1.